The number of benzene rings is 1. The van der Waals surface area contributed by atoms with E-state index in [9.17, 15) is 0 Å². The van der Waals surface area contributed by atoms with Gasteiger partial charge in [0.05, 0.1) is 6.61 Å². The lowest BCUT2D eigenvalue weighted by Crippen LogP contribution is -2.20. The molecule has 2 aromatic rings. The first-order valence-corrected chi connectivity index (χ1v) is 8.11. The van der Waals surface area contributed by atoms with Crippen LogP contribution in [0.1, 0.15) is 36.1 Å². The van der Waals surface area contributed by atoms with E-state index >= 15 is 0 Å². The topological polar surface area (TPSA) is 21.3 Å². The molecule has 3 heteroatoms. The highest BCUT2D eigenvalue weighted by atomic mass is 32.1. The molecule has 108 valence electrons. The number of nitrogens with one attached hydrogen (secondary N) is 1. The normalized spacial score (nSPS) is 12.3. The molecule has 0 aliphatic heterocycles. The van der Waals surface area contributed by atoms with Gasteiger partial charge in [-0.3, -0.25) is 0 Å². The maximum absolute atomic E-state index is 5.68. The molecule has 0 aliphatic rings. The van der Waals surface area contributed by atoms with Crippen LogP contribution in [0.3, 0.4) is 0 Å². The summed E-state index contributed by atoms with van der Waals surface area (Å²) < 4.78 is 5.68. The van der Waals surface area contributed by atoms with Crippen LogP contribution in [0.2, 0.25) is 0 Å². The zero-order valence-corrected chi connectivity index (χ0v) is 13.1. The predicted molar refractivity (Wildman–Crippen MR) is 86.7 cm³/mol. The van der Waals surface area contributed by atoms with Crippen molar-refractivity contribution in [3.63, 3.8) is 0 Å². The molecule has 0 saturated carbocycles. The van der Waals surface area contributed by atoms with Crippen LogP contribution < -0.4 is 10.1 Å². The molecule has 1 N–H and O–H groups in total. The number of ether oxygens (including phenoxy) is 1. The standard InChI is InChI=1S/C17H23NOS/c1-3-16-10-11-17(20-16)14(2)18-12-7-13-19-15-8-5-4-6-9-15/h4-6,8-11,14,18H,3,7,12-13H2,1-2H3. The van der Waals surface area contributed by atoms with Crippen LogP contribution in [-0.4, -0.2) is 13.2 Å². The summed E-state index contributed by atoms with van der Waals surface area (Å²) in [5, 5.41) is 3.55. The largest absolute Gasteiger partial charge is 0.494 e. The molecule has 2 nitrogen and oxygen atoms in total. The summed E-state index contributed by atoms with van der Waals surface area (Å²) in [6.45, 7) is 6.17. The molecular weight excluding hydrogens is 266 g/mol. The van der Waals surface area contributed by atoms with Crippen LogP contribution >= 0.6 is 11.3 Å². The highest BCUT2D eigenvalue weighted by Gasteiger charge is 2.07. The molecule has 0 radical (unpaired) electrons. The van der Waals surface area contributed by atoms with Crippen molar-refractivity contribution in [3.8, 4) is 5.75 Å². The second-order valence-corrected chi connectivity index (χ2v) is 6.05. The Morgan fingerprint density at radius 3 is 2.65 bits per heavy atom. The molecule has 1 unspecified atom stereocenters. The summed E-state index contributed by atoms with van der Waals surface area (Å²) in [4.78, 5) is 2.88. The van der Waals surface area contributed by atoms with E-state index in [1.54, 1.807) is 0 Å². The van der Waals surface area contributed by atoms with Gasteiger partial charge in [-0.1, -0.05) is 25.1 Å². The maximum atomic E-state index is 5.68. The Morgan fingerprint density at radius 2 is 1.95 bits per heavy atom. The Morgan fingerprint density at radius 1 is 1.15 bits per heavy atom. The molecule has 1 aromatic carbocycles. The first kappa shape index (κ1) is 15.1. The Hall–Kier alpha value is -1.32. The molecule has 0 fully saturated rings. The zero-order valence-electron chi connectivity index (χ0n) is 12.3. The SMILES string of the molecule is CCc1ccc(C(C)NCCCOc2ccccc2)s1. The van der Waals surface area contributed by atoms with Crippen molar-refractivity contribution in [3.05, 3.63) is 52.2 Å². The second-order valence-electron chi connectivity index (χ2n) is 4.85. The summed E-state index contributed by atoms with van der Waals surface area (Å²) in [5.41, 5.74) is 0. The van der Waals surface area contributed by atoms with Gasteiger partial charge in [-0.25, -0.2) is 0 Å². The van der Waals surface area contributed by atoms with Crippen molar-refractivity contribution in [2.24, 2.45) is 0 Å². The summed E-state index contributed by atoms with van der Waals surface area (Å²) in [6.07, 6.45) is 2.15. The lowest BCUT2D eigenvalue weighted by Gasteiger charge is -2.12. The molecule has 1 atom stereocenters. The van der Waals surface area contributed by atoms with E-state index in [2.05, 4.69) is 31.3 Å². The first-order valence-electron chi connectivity index (χ1n) is 7.29. The minimum atomic E-state index is 0.428. The number of rotatable bonds is 8. The van der Waals surface area contributed by atoms with E-state index in [1.807, 2.05) is 41.7 Å². The Balaban J connectivity index is 1.63. The van der Waals surface area contributed by atoms with Crippen LogP contribution in [0.5, 0.6) is 5.75 Å². The molecule has 20 heavy (non-hydrogen) atoms. The molecule has 0 aliphatic carbocycles. The van der Waals surface area contributed by atoms with Crippen molar-refractivity contribution >= 4 is 11.3 Å². The Bertz CT molecular complexity index is 495. The van der Waals surface area contributed by atoms with Crippen LogP contribution in [0.15, 0.2) is 42.5 Å². The quantitative estimate of drug-likeness (QED) is 0.726. The van der Waals surface area contributed by atoms with Gasteiger partial charge in [0.25, 0.3) is 0 Å². The summed E-state index contributed by atoms with van der Waals surface area (Å²) >= 11 is 1.91. The van der Waals surface area contributed by atoms with Crippen molar-refractivity contribution in [1.82, 2.24) is 5.32 Å². The molecule has 1 aromatic heterocycles. The minimum absolute atomic E-state index is 0.428. The van der Waals surface area contributed by atoms with Gasteiger partial charge < -0.3 is 10.1 Å². The van der Waals surface area contributed by atoms with E-state index in [0.29, 0.717) is 6.04 Å². The van der Waals surface area contributed by atoms with Gasteiger partial charge in [-0.2, -0.15) is 0 Å². The van der Waals surface area contributed by atoms with E-state index in [1.165, 1.54) is 9.75 Å². The smallest absolute Gasteiger partial charge is 0.119 e. The molecule has 0 saturated heterocycles. The van der Waals surface area contributed by atoms with Gasteiger partial charge in [0.1, 0.15) is 5.75 Å². The van der Waals surface area contributed by atoms with Crippen LogP contribution in [0, 0.1) is 0 Å². The van der Waals surface area contributed by atoms with Crippen molar-refractivity contribution < 1.29 is 4.74 Å². The fourth-order valence-electron chi connectivity index (χ4n) is 2.02. The molecule has 2 rings (SSSR count). The van der Waals surface area contributed by atoms with Gasteiger partial charge >= 0.3 is 0 Å². The van der Waals surface area contributed by atoms with Crippen molar-refractivity contribution in [2.75, 3.05) is 13.2 Å². The first-order chi connectivity index (χ1) is 9.79. The van der Waals surface area contributed by atoms with Crippen LogP contribution in [-0.2, 0) is 6.42 Å². The van der Waals surface area contributed by atoms with Crippen molar-refractivity contribution in [1.29, 1.82) is 0 Å². The summed E-state index contributed by atoms with van der Waals surface area (Å²) in [5.74, 6) is 0.950. The number of thiophene rings is 1. The third-order valence-electron chi connectivity index (χ3n) is 3.24. The average Bonchev–Trinajstić information content (AvgIpc) is 2.97. The van der Waals surface area contributed by atoms with E-state index in [0.717, 1.165) is 31.7 Å². The Labute approximate surface area is 125 Å². The highest BCUT2D eigenvalue weighted by molar-refractivity contribution is 7.12. The number of para-hydroxylation sites is 1. The van der Waals surface area contributed by atoms with Gasteiger partial charge in [0.15, 0.2) is 0 Å². The maximum Gasteiger partial charge on any atom is 0.119 e. The third kappa shape index (κ3) is 4.66. The zero-order chi connectivity index (χ0) is 14.2. The van der Waals surface area contributed by atoms with Gasteiger partial charge in [-0.15, -0.1) is 11.3 Å². The molecule has 0 bridgehead atoms. The summed E-state index contributed by atoms with van der Waals surface area (Å²) in [7, 11) is 0. The van der Waals surface area contributed by atoms with E-state index in [-0.39, 0.29) is 0 Å². The highest BCUT2D eigenvalue weighted by Crippen LogP contribution is 2.23. The van der Waals surface area contributed by atoms with Crippen LogP contribution in [0.25, 0.3) is 0 Å². The van der Waals surface area contributed by atoms with Gasteiger partial charge in [0.2, 0.25) is 0 Å². The molecule has 0 spiro atoms. The van der Waals surface area contributed by atoms with E-state index in [4.69, 9.17) is 4.74 Å². The number of hydrogen-bond acceptors (Lipinski definition) is 3. The summed E-state index contributed by atoms with van der Waals surface area (Å²) in [6, 6.07) is 14.9. The minimum Gasteiger partial charge on any atom is -0.494 e. The molecular formula is C17H23NOS. The molecule has 1 heterocycles. The Kier molecular flexibility index (Phi) is 6.09. The van der Waals surface area contributed by atoms with Gasteiger partial charge in [-0.05, 0) is 50.6 Å². The predicted octanol–water partition coefficient (Wildman–Crippen LogP) is 4.43. The van der Waals surface area contributed by atoms with E-state index < -0.39 is 0 Å². The molecule has 0 amide bonds. The number of aryl methyl sites for hydroxylation is 1. The second kappa shape index (κ2) is 8.08. The fraction of sp³-hybridized carbons (Fsp3) is 0.412. The lowest BCUT2D eigenvalue weighted by molar-refractivity contribution is 0.306. The fourth-order valence-corrected chi connectivity index (χ4v) is 2.99. The van der Waals surface area contributed by atoms with Gasteiger partial charge in [0, 0.05) is 15.8 Å². The number of hydrogen-bond donors (Lipinski definition) is 1. The average molecular weight is 289 g/mol. The lowest BCUT2D eigenvalue weighted by atomic mass is 10.2. The monoisotopic (exact) mass is 289 g/mol. The third-order valence-corrected chi connectivity index (χ3v) is 4.65. The van der Waals surface area contributed by atoms with Crippen LogP contribution in [0.4, 0.5) is 0 Å². The van der Waals surface area contributed by atoms with Crippen molar-refractivity contribution in [2.45, 2.75) is 32.7 Å².